The van der Waals surface area contributed by atoms with Gasteiger partial charge in [-0.05, 0) is 19.1 Å². The predicted octanol–water partition coefficient (Wildman–Crippen LogP) is 0.457. The number of halogens is 6. The first kappa shape index (κ1) is 26.2. The van der Waals surface area contributed by atoms with Crippen LogP contribution in [0.15, 0.2) is 18.2 Å². The first-order valence-corrected chi connectivity index (χ1v) is 9.24. The molecule has 3 atom stereocenters. The number of anilines is 1. The Morgan fingerprint density at radius 2 is 1.82 bits per heavy atom. The molecule has 0 saturated heterocycles. The summed E-state index contributed by atoms with van der Waals surface area (Å²) in [7, 11) is 0. The van der Waals surface area contributed by atoms with Gasteiger partial charge in [0.05, 0.1) is 12.2 Å². The summed E-state index contributed by atoms with van der Waals surface area (Å²) in [6.45, 7) is -2.30. The van der Waals surface area contributed by atoms with Crippen LogP contribution in [0.4, 0.5) is 32.0 Å². The molecule has 1 aliphatic rings. The van der Waals surface area contributed by atoms with Gasteiger partial charge in [-0.15, -0.1) is 0 Å². The fraction of sp³-hybridized carbons (Fsp3) is 0.500. The second kappa shape index (κ2) is 9.43. The summed E-state index contributed by atoms with van der Waals surface area (Å²) in [4.78, 5) is 37.0. The Labute approximate surface area is 182 Å². The lowest BCUT2D eigenvalue weighted by Gasteiger charge is -2.28. The van der Waals surface area contributed by atoms with Crippen molar-refractivity contribution in [3.8, 4) is 5.75 Å². The number of carbonyl (C=O) groups excluding carboxylic acids is 3. The molecular weight excluding hydrogens is 468 g/mol. The van der Waals surface area contributed by atoms with E-state index < -0.39 is 66.5 Å². The SMILES string of the molecule is CC(O)(C(=O)NCC(F)(F)C(F)(F)F)C(=O)N[C@H]1C(=O)Nc2cc(F)ccc2O[C@H]1CCO. The van der Waals surface area contributed by atoms with Gasteiger partial charge in [-0.3, -0.25) is 14.4 Å². The van der Waals surface area contributed by atoms with Gasteiger partial charge in [0.15, 0.2) is 0 Å². The summed E-state index contributed by atoms with van der Waals surface area (Å²) in [6.07, 6.45) is -7.54. The van der Waals surface area contributed by atoms with E-state index in [2.05, 4.69) is 5.32 Å². The van der Waals surface area contributed by atoms with Crippen molar-refractivity contribution in [1.82, 2.24) is 10.6 Å². The van der Waals surface area contributed by atoms with Gasteiger partial charge < -0.3 is 30.9 Å². The van der Waals surface area contributed by atoms with Gasteiger partial charge in [0.2, 0.25) is 5.60 Å². The first-order valence-electron chi connectivity index (χ1n) is 9.24. The maximum Gasteiger partial charge on any atom is 0.455 e. The van der Waals surface area contributed by atoms with E-state index in [4.69, 9.17) is 4.74 Å². The third-order valence-corrected chi connectivity index (χ3v) is 4.60. The van der Waals surface area contributed by atoms with Crippen LogP contribution in [0.2, 0.25) is 0 Å². The number of aliphatic hydroxyl groups is 2. The number of nitrogens with one attached hydrogen (secondary N) is 3. The van der Waals surface area contributed by atoms with Crippen LogP contribution in [-0.4, -0.2) is 70.9 Å². The van der Waals surface area contributed by atoms with E-state index in [0.717, 1.165) is 23.5 Å². The number of ether oxygens (including phenoxy) is 1. The number of fused-ring (bicyclic) bond motifs is 1. The fourth-order valence-electron chi connectivity index (χ4n) is 2.67. The molecule has 15 heteroatoms. The van der Waals surface area contributed by atoms with Crippen molar-refractivity contribution in [2.45, 2.75) is 43.2 Å². The topological polar surface area (TPSA) is 137 Å². The third-order valence-electron chi connectivity index (χ3n) is 4.60. The number of rotatable bonds is 7. The van der Waals surface area contributed by atoms with Crippen LogP contribution in [0.1, 0.15) is 13.3 Å². The van der Waals surface area contributed by atoms with Crippen molar-refractivity contribution in [3.05, 3.63) is 24.0 Å². The number of hydrogen-bond donors (Lipinski definition) is 5. The molecule has 0 saturated carbocycles. The third kappa shape index (κ3) is 5.84. The van der Waals surface area contributed by atoms with Gasteiger partial charge in [-0.25, -0.2) is 4.39 Å². The minimum atomic E-state index is -5.99. The van der Waals surface area contributed by atoms with Crippen molar-refractivity contribution >= 4 is 23.4 Å². The van der Waals surface area contributed by atoms with E-state index in [-0.39, 0.29) is 17.9 Å². The van der Waals surface area contributed by atoms with Crippen LogP contribution in [-0.2, 0) is 14.4 Å². The quantitative estimate of drug-likeness (QED) is 0.280. The predicted molar refractivity (Wildman–Crippen MR) is 97.7 cm³/mol. The summed E-state index contributed by atoms with van der Waals surface area (Å²) in [5, 5.41) is 24.7. The molecule has 184 valence electrons. The minimum absolute atomic E-state index is 0.0289. The minimum Gasteiger partial charge on any atom is -0.485 e. The number of benzene rings is 1. The number of amides is 3. The first-order chi connectivity index (χ1) is 15.1. The van der Waals surface area contributed by atoms with Crippen molar-refractivity contribution in [1.29, 1.82) is 0 Å². The molecule has 1 aromatic carbocycles. The van der Waals surface area contributed by atoms with Crippen LogP contribution in [0.3, 0.4) is 0 Å². The normalized spacial score (nSPS) is 20.5. The average Bonchev–Trinajstić information content (AvgIpc) is 2.82. The lowest BCUT2D eigenvalue weighted by molar-refractivity contribution is -0.278. The van der Waals surface area contributed by atoms with Crippen LogP contribution >= 0.6 is 0 Å². The Morgan fingerprint density at radius 3 is 2.39 bits per heavy atom. The summed E-state index contributed by atoms with van der Waals surface area (Å²) in [5.74, 6) is -10.7. The molecule has 1 aliphatic heterocycles. The maximum absolute atomic E-state index is 13.5. The van der Waals surface area contributed by atoms with E-state index in [1.54, 1.807) is 0 Å². The summed E-state index contributed by atoms with van der Waals surface area (Å²) < 4.78 is 81.7. The Kier molecular flexibility index (Phi) is 7.48. The molecule has 0 spiro atoms. The lowest BCUT2D eigenvalue weighted by Crippen LogP contribution is -2.62. The molecular formula is C18H19F6N3O6. The van der Waals surface area contributed by atoms with Gasteiger partial charge in [-0.1, -0.05) is 0 Å². The molecule has 0 aliphatic carbocycles. The van der Waals surface area contributed by atoms with Gasteiger partial charge in [0.1, 0.15) is 23.7 Å². The van der Waals surface area contributed by atoms with E-state index in [9.17, 15) is 50.9 Å². The zero-order chi connectivity index (χ0) is 25.2. The molecule has 0 aromatic heterocycles. The summed E-state index contributed by atoms with van der Waals surface area (Å²) >= 11 is 0. The highest BCUT2D eigenvalue weighted by Gasteiger charge is 2.58. The fourth-order valence-corrected chi connectivity index (χ4v) is 2.67. The molecule has 9 nitrogen and oxygen atoms in total. The zero-order valence-corrected chi connectivity index (χ0v) is 16.8. The molecule has 0 fully saturated rings. The van der Waals surface area contributed by atoms with Crippen LogP contribution in [0.5, 0.6) is 5.75 Å². The van der Waals surface area contributed by atoms with E-state index >= 15 is 0 Å². The molecule has 0 bridgehead atoms. The molecule has 0 radical (unpaired) electrons. The number of carbonyl (C=O) groups is 3. The number of alkyl halides is 5. The lowest BCUT2D eigenvalue weighted by atomic mass is 10.0. The maximum atomic E-state index is 13.5. The van der Waals surface area contributed by atoms with E-state index in [0.29, 0.717) is 6.92 Å². The Morgan fingerprint density at radius 1 is 1.18 bits per heavy atom. The highest BCUT2D eigenvalue weighted by atomic mass is 19.4. The number of hydrogen-bond acceptors (Lipinski definition) is 6. The standard InChI is InChI=1S/C18H19F6N3O6/c1-16(32,14(30)25-7-17(20,21)18(22,23)24)15(31)27-12-11(4-5-28)33-10-3-2-8(19)6-9(10)26-13(12)29/h2-3,6,11-12,28,32H,4-5,7H2,1H3,(H,25,30)(H,26,29)(H,27,31)/t11-,12+,16?/m0/s1. The van der Waals surface area contributed by atoms with Gasteiger partial charge >= 0.3 is 12.1 Å². The Hall–Kier alpha value is -3.07. The molecule has 1 aromatic rings. The number of aliphatic hydroxyl groups excluding tert-OH is 1. The summed E-state index contributed by atoms with van der Waals surface area (Å²) in [6, 6.07) is 1.38. The largest absolute Gasteiger partial charge is 0.485 e. The van der Waals surface area contributed by atoms with Gasteiger partial charge in [0.25, 0.3) is 17.7 Å². The molecule has 1 heterocycles. The van der Waals surface area contributed by atoms with Crippen molar-refractivity contribution in [3.63, 3.8) is 0 Å². The van der Waals surface area contributed by atoms with Crippen LogP contribution in [0, 0.1) is 5.82 Å². The monoisotopic (exact) mass is 487 g/mol. The van der Waals surface area contributed by atoms with Crippen molar-refractivity contribution in [2.75, 3.05) is 18.5 Å². The van der Waals surface area contributed by atoms with Crippen molar-refractivity contribution in [2.24, 2.45) is 0 Å². The zero-order valence-electron chi connectivity index (χ0n) is 16.8. The second-order valence-corrected chi connectivity index (χ2v) is 7.21. The molecule has 33 heavy (non-hydrogen) atoms. The van der Waals surface area contributed by atoms with E-state index in [1.807, 2.05) is 5.32 Å². The average molecular weight is 487 g/mol. The van der Waals surface area contributed by atoms with Crippen LogP contribution < -0.4 is 20.7 Å². The molecule has 3 amide bonds. The second-order valence-electron chi connectivity index (χ2n) is 7.21. The van der Waals surface area contributed by atoms with Gasteiger partial charge in [-0.2, -0.15) is 22.0 Å². The molecule has 1 unspecified atom stereocenters. The van der Waals surface area contributed by atoms with Crippen LogP contribution in [0.25, 0.3) is 0 Å². The smallest absolute Gasteiger partial charge is 0.455 e. The van der Waals surface area contributed by atoms with Crippen molar-refractivity contribution < 1.29 is 55.7 Å². The Bertz CT molecular complexity index is 923. The highest BCUT2D eigenvalue weighted by molar-refractivity contribution is 6.09. The summed E-state index contributed by atoms with van der Waals surface area (Å²) in [5.41, 5.74) is -3.31. The highest BCUT2D eigenvalue weighted by Crippen LogP contribution is 2.35. The molecule has 2 rings (SSSR count). The van der Waals surface area contributed by atoms with Gasteiger partial charge in [0, 0.05) is 19.1 Å². The van der Waals surface area contributed by atoms with E-state index in [1.165, 1.54) is 0 Å². The Balaban J connectivity index is 2.18. The molecule has 5 N–H and O–H groups in total.